The van der Waals surface area contributed by atoms with Gasteiger partial charge in [-0.15, -0.1) is 0 Å². The summed E-state index contributed by atoms with van der Waals surface area (Å²) in [5.41, 5.74) is 1.77. The number of hydrogen-bond donors (Lipinski definition) is 1. The number of amides is 2. The maximum atomic E-state index is 12.5. The van der Waals surface area contributed by atoms with Crippen LogP contribution in [-0.4, -0.2) is 24.6 Å². The highest BCUT2D eigenvalue weighted by Gasteiger charge is 2.18. The summed E-state index contributed by atoms with van der Waals surface area (Å²) in [6.07, 6.45) is 0. The first-order valence-corrected chi connectivity index (χ1v) is 9.68. The standard InChI is InChI=1S/C21H23BrN2O3/c1-4-26-18-7-5-6-16-12-19(27-20(16)18)14(2)23-21(25)24(3)13-15-8-10-17(22)11-9-15/h5-12,14H,4,13H2,1-3H3,(H,23,25). The van der Waals surface area contributed by atoms with E-state index in [9.17, 15) is 4.79 Å². The summed E-state index contributed by atoms with van der Waals surface area (Å²) in [5, 5.41) is 3.94. The lowest BCUT2D eigenvalue weighted by molar-refractivity contribution is 0.202. The largest absolute Gasteiger partial charge is 0.490 e. The molecule has 2 amide bonds. The lowest BCUT2D eigenvalue weighted by atomic mass is 10.2. The quantitative estimate of drug-likeness (QED) is 0.561. The van der Waals surface area contributed by atoms with Crippen LogP contribution in [0.25, 0.3) is 11.0 Å². The van der Waals surface area contributed by atoms with Crippen LogP contribution in [0.4, 0.5) is 4.79 Å². The summed E-state index contributed by atoms with van der Waals surface area (Å²) in [5.74, 6) is 1.41. The summed E-state index contributed by atoms with van der Waals surface area (Å²) >= 11 is 3.42. The minimum absolute atomic E-state index is 0.157. The number of furan rings is 1. The van der Waals surface area contributed by atoms with E-state index in [2.05, 4.69) is 21.2 Å². The Morgan fingerprint density at radius 3 is 2.70 bits per heavy atom. The Bertz CT molecular complexity index is 921. The molecule has 0 radical (unpaired) electrons. The molecule has 0 bridgehead atoms. The highest BCUT2D eigenvalue weighted by Crippen LogP contribution is 2.31. The van der Waals surface area contributed by atoms with Crippen molar-refractivity contribution < 1.29 is 13.9 Å². The first-order chi connectivity index (χ1) is 13.0. The summed E-state index contributed by atoms with van der Waals surface area (Å²) in [6.45, 7) is 4.94. The van der Waals surface area contributed by atoms with Crippen molar-refractivity contribution in [3.05, 3.63) is 64.3 Å². The lowest BCUT2D eigenvalue weighted by Gasteiger charge is -2.20. The van der Waals surface area contributed by atoms with Gasteiger partial charge in [0.1, 0.15) is 5.76 Å². The Hall–Kier alpha value is -2.47. The van der Waals surface area contributed by atoms with E-state index in [0.29, 0.717) is 30.2 Å². The van der Waals surface area contributed by atoms with E-state index in [1.807, 2.05) is 62.4 Å². The Morgan fingerprint density at radius 2 is 2.00 bits per heavy atom. The first-order valence-electron chi connectivity index (χ1n) is 8.89. The molecule has 1 heterocycles. The fraction of sp³-hybridized carbons (Fsp3) is 0.286. The molecule has 1 unspecified atom stereocenters. The van der Waals surface area contributed by atoms with Crippen LogP contribution in [0.2, 0.25) is 0 Å². The van der Waals surface area contributed by atoms with Crippen LogP contribution in [0.5, 0.6) is 5.75 Å². The molecule has 5 nitrogen and oxygen atoms in total. The van der Waals surface area contributed by atoms with Gasteiger partial charge in [-0.3, -0.25) is 0 Å². The van der Waals surface area contributed by atoms with E-state index in [1.165, 1.54) is 0 Å². The minimum atomic E-state index is -0.258. The van der Waals surface area contributed by atoms with Gasteiger partial charge in [-0.05, 0) is 43.7 Å². The molecule has 0 saturated carbocycles. The highest BCUT2D eigenvalue weighted by molar-refractivity contribution is 9.10. The molecule has 1 N–H and O–H groups in total. The summed E-state index contributed by atoms with van der Waals surface area (Å²) in [6, 6.07) is 15.2. The second kappa shape index (κ2) is 8.48. The molecule has 0 aliphatic rings. The topological polar surface area (TPSA) is 54.7 Å². The van der Waals surface area contributed by atoms with Crippen LogP contribution in [0.3, 0.4) is 0 Å². The molecule has 3 aromatic rings. The third kappa shape index (κ3) is 4.63. The fourth-order valence-electron chi connectivity index (χ4n) is 2.84. The van der Waals surface area contributed by atoms with E-state index in [4.69, 9.17) is 9.15 Å². The molecule has 3 rings (SSSR count). The van der Waals surface area contributed by atoms with Gasteiger partial charge in [0.2, 0.25) is 0 Å². The number of carbonyl (C=O) groups is 1. The number of fused-ring (bicyclic) bond motifs is 1. The Labute approximate surface area is 167 Å². The van der Waals surface area contributed by atoms with Crippen LogP contribution in [0, 0.1) is 0 Å². The molecule has 1 aromatic heterocycles. The molecule has 27 heavy (non-hydrogen) atoms. The highest BCUT2D eigenvalue weighted by atomic mass is 79.9. The number of hydrogen-bond acceptors (Lipinski definition) is 3. The van der Waals surface area contributed by atoms with Crippen molar-refractivity contribution in [1.82, 2.24) is 10.2 Å². The fourth-order valence-corrected chi connectivity index (χ4v) is 3.11. The maximum Gasteiger partial charge on any atom is 0.318 e. The van der Waals surface area contributed by atoms with Crippen molar-refractivity contribution in [2.24, 2.45) is 0 Å². The second-order valence-corrected chi connectivity index (χ2v) is 7.33. The van der Waals surface area contributed by atoms with Crippen LogP contribution in [0.15, 0.2) is 57.4 Å². The van der Waals surface area contributed by atoms with Gasteiger partial charge >= 0.3 is 6.03 Å². The number of halogens is 1. The third-order valence-corrected chi connectivity index (χ3v) is 4.80. The number of ether oxygens (including phenoxy) is 1. The van der Waals surface area contributed by atoms with E-state index in [0.717, 1.165) is 15.4 Å². The van der Waals surface area contributed by atoms with E-state index in [1.54, 1.807) is 11.9 Å². The van der Waals surface area contributed by atoms with E-state index >= 15 is 0 Å². The zero-order valence-corrected chi connectivity index (χ0v) is 17.2. The zero-order valence-electron chi connectivity index (χ0n) is 15.7. The Kier molecular flexibility index (Phi) is 6.06. The van der Waals surface area contributed by atoms with E-state index < -0.39 is 0 Å². The average Bonchev–Trinajstić information content (AvgIpc) is 3.09. The van der Waals surface area contributed by atoms with Crippen LogP contribution in [-0.2, 0) is 6.54 Å². The number of para-hydroxylation sites is 1. The van der Waals surface area contributed by atoms with Gasteiger partial charge in [-0.1, -0.05) is 40.2 Å². The molecule has 6 heteroatoms. The number of urea groups is 1. The van der Waals surface area contributed by atoms with Gasteiger partial charge in [0, 0.05) is 23.5 Å². The molecule has 1 atom stereocenters. The minimum Gasteiger partial charge on any atom is -0.490 e. The number of carbonyl (C=O) groups excluding carboxylic acids is 1. The van der Waals surface area contributed by atoms with Gasteiger partial charge in [0.15, 0.2) is 11.3 Å². The van der Waals surface area contributed by atoms with Crippen molar-refractivity contribution in [2.45, 2.75) is 26.4 Å². The molecule has 0 fully saturated rings. The monoisotopic (exact) mass is 430 g/mol. The number of nitrogens with one attached hydrogen (secondary N) is 1. The summed E-state index contributed by atoms with van der Waals surface area (Å²) < 4.78 is 12.6. The third-order valence-electron chi connectivity index (χ3n) is 4.27. The SMILES string of the molecule is CCOc1cccc2cc(C(C)NC(=O)N(C)Cc3ccc(Br)cc3)oc12. The van der Waals surface area contributed by atoms with Crippen LogP contribution >= 0.6 is 15.9 Å². The second-order valence-electron chi connectivity index (χ2n) is 6.41. The van der Waals surface area contributed by atoms with Crippen molar-refractivity contribution in [1.29, 1.82) is 0 Å². The van der Waals surface area contributed by atoms with Crippen molar-refractivity contribution in [3.63, 3.8) is 0 Å². The zero-order chi connectivity index (χ0) is 19.4. The number of benzene rings is 2. The normalized spacial score (nSPS) is 12.0. The van der Waals surface area contributed by atoms with Gasteiger partial charge in [0.05, 0.1) is 12.6 Å². The average molecular weight is 431 g/mol. The predicted molar refractivity (Wildman–Crippen MR) is 110 cm³/mol. The van der Waals surface area contributed by atoms with Crippen molar-refractivity contribution in [3.8, 4) is 5.75 Å². The molecule has 0 aliphatic carbocycles. The summed E-state index contributed by atoms with van der Waals surface area (Å²) in [4.78, 5) is 14.2. The molecule has 142 valence electrons. The van der Waals surface area contributed by atoms with Gasteiger partial charge in [-0.25, -0.2) is 4.79 Å². The predicted octanol–water partition coefficient (Wildman–Crippen LogP) is 5.50. The smallest absolute Gasteiger partial charge is 0.318 e. The molecular formula is C21H23BrN2O3. The molecular weight excluding hydrogens is 408 g/mol. The van der Waals surface area contributed by atoms with Crippen molar-refractivity contribution in [2.75, 3.05) is 13.7 Å². The maximum absolute atomic E-state index is 12.5. The van der Waals surface area contributed by atoms with Crippen LogP contribution < -0.4 is 10.1 Å². The lowest BCUT2D eigenvalue weighted by Crippen LogP contribution is -2.38. The van der Waals surface area contributed by atoms with Gasteiger partial charge < -0.3 is 19.4 Å². The van der Waals surface area contributed by atoms with Gasteiger partial charge in [-0.2, -0.15) is 0 Å². The molecule has 0 spiro atoms. The molecule has 0 aliphatic heterocycles. The van der Waals surface area contributed by atoms with Crippen molar-refractivity contribution >= 4 is 32.9 Å². The number of nitrogens with zero attached hydrogens (tertiary/aromatic N) is 1. The first kappa shape index (κ1) is 19.3. The van der Waals surface area contributed by atoms with E-state index in [-0.39, 0.29) is 12.1 Å². The summed E-state index contributed by atoms with van der Waals surface area (Å²) in [7, 11) is 1.77. The van der Waals surface area contributed by atoms with Gasteiger partial charge in [0.25, 0.3) is 0 Å². The number of rotatable bonds is 6. The molecule has 0 saturated heterocycles. The van der Waals surface area contributed by atoms with Crippen LogP contribution in [0.1, 0.15) is 31.2 Å². The Balaban J connectivity index is 1.67. The molecule has 2 aromatic carbocycles. The Morgan fingerprint density at radius 1 is 1.26 bits per heavy atom.